The van der Waals surface area contributed by atoms with Gasteiger partial charge in [0.15, 0.2) is 0 Å². The van der Waals surface area contributed by atoms with Crippen molar-refractivity contribution in [3.8, 4) is 5.75 Å². The number of fused-ring (bicyclic) bond motifs is 5. The number of rotatable bonds is 1. The van der Waals surface area contributed by atoms with Crippen molar-refractivity contribution in [2.24, 2.45) is 22.4 Å². The number of phenols is 1. The van der Waals surface area contributed by atoms with Gasteiger partial charge in [-0.15, -0.1) is 0 Å². The average Bonchev–Trinajstić information content (AvgIpc) is 2.79. The molecular formula is C18H23N3O2. The van der Waals surface area contributed by atoms with E-state index in [9.17, 15) is 10.2 Å². The van der Waals surface area contributed by atoms with Gasteiger partial charge in [-0.1, -0.05) is 18.1 Å². The van der Waals surface area contributed by atoms with Crippen LogP contribution < -0.4 is 0 Å². The van der Waals surface area contributed by atoms with Gasteiger partial charge in [-0.2, -0.15) is 0 Å². The Labute approximate surface area is 136 Å². The third-order valence-electron chi connectivity index (χ3n) is 6.86. The molecule has 2 N–H and O–H groups in total. The maximum Gasteiger partial charge on any atom is 0.115 e. The van der Waals surface area contributed by atoms with Gasteiger partial charge in [-0.05, 0) is 84.1 Å². The summed E-state index contributed by atoms with van der Waals surface area (Å²) in [6.45, 7) is 2.20. The molecule has 6 atom stereocenters. The van der Waals surface area contributed by atoms with E-state index in [4.69, 9.17) is 5.53 Å². The number of benzene rings is 1. The lowest BCUT2D eigenvalue weighted by Gasteiger charge is -2.50. The first-order valence-electron chi connectivity index (χ1n) is 8.58. The zero-order valence-corrected chi connectivity index (χ0v) is 13.4. The van der Waals surface area contributed by atoms with Crippen LogP contribution in [0.1, 0.15) is 49.7 Å². The smallest absolute Gasteiger partial charge is 0.115 e. The standard InChI is InChI=1S/C18H23N3O2/c1-18-7-6-13-12-5-3-11(22)8-10(12)2-4-14(13)15(18)9-16(23)17(18)20-21-19/h3,5,8,13-17,22-23H,2,4,6-7,9H2,1H3/t13-,14-,15+,16+,17-,18+/m1/s1. The van der Waals surface area contributed by atoms with Gasteiger partial charge in [0.05, 0.1) is 12.1 Å². The summed E-state index contributed by atoms with van der Waals surface area (Å²) >= 11 is 0. The zero-order chi connectivity index (χ0) is 16.2. The van der Waals surface area contributed by atoms with E-state index in [-0.39, 0.29) is 11.5 Å². The molecule has 1 aromatic carbocycles. The normalized spacial score (nSPS) is 41.4. The Kier molecular flexibility index (Phi) is 3.33. The van der Waals surface area contributed by atoms with Crippen molar-refractivity contribution >= 4 is 0 Å². The number of azide groups is 1. The molecule has 122 valence electrons. The van der Waals surface area contributed by atoms with E-state index in [2.05, 4.69) is 23.0 Å². The van der Waals surface area contributed by atoms with Crippen LogP contribution in [-0.2, 0) is 6.42 Å². The summed E-state index contributed by atoms with van der Waals surface area (Å²) in [6.07, 6.45) is 4.37. The second-order valence-corrected chi connectivity index (χ2v) is 7.80. The van der Waals surface area contributed by atoms with Crippen molar-refractivity contribution in [2.75, 3.05) is 0 Å². The minimum Gasteiger partial charge on any atom is -0.508 e. The van der Waals surface area contributed by atoms with Crippen LogP contribution in [0.4, 0.5) is 0 Å². The van der Waals surface area contributed by atoms with E-state index in [1.54, 1.807) is 6.07 Å². The Hall–Kier alpha value is -1.71. The zero-order valence-electron chi connectivity index (χ0n) is 13.4. The van der Waals surface area contributed by atoms with Gasteiger partial charge < -0.3 is 10.2 Å². The molecule has 23 heavy (non-hydrogen) atoms. The quantitative estimate of drug-likeness (QED) is 0.468. The summed E-state index contributed by atoms with van der Waals surface area (Å²) in [7, 11) is 0. The van der Waals surface area contributed by atoms with Crippen LogP contribution in [0.25, 0.3) is 10.4 Å². The molecule has 4 rings (SSSR count). The van der Waals surface area contributed by atoms with Crippen molar-refractivity contribution in [2.45, 2.75) is 57.1 Å². The fourth-order valence-corrected chi connectivity index (χ4v) is 5.82. The summed E-state index contributed by atoms with van der Waals surface area (Å²) < 4.78 is 0. The third kappa shape index (κ3) is 2.07. The van der Waals surface area contributed by atoms with Crippen LogP contribution in [0, 0.1) is 17.3 Å². The first-order valence-corrected chi connectivity index (χ1v) is 8.58. The highest BCUT2D eigenvalue weighted by Gasteiger charge is 2.57. The fraction of sp³-hybridized carbons (Fsp3) is 0.667. The highest BCUT2D eigenvalue weighted by atomic mass is 16.3. The minimum atomic E-state index is -0.513. The first-order chi connectivity index (χ1) is 11.0. The molecule has 0 amide bonds. The Morgan fingerprint density at radius 1 is 1.35 bits per heavy atom. The summed E-state index contributed by atoms with van der Waals surface area (Å²) in [6, 6.07) is 5.49. The van der Waals surface area contributed by atoms with Gasteiger partial charge in [0.2, 0.25) is 0 Å². The van der Waals surface area contributed by atoms with Gasteiger partial charge in [-0.25, -0.2) is 0 Å². The molecule has 2 saturated carbocycles. The van der Waals surface area contributed by atoms with E-state index in [1.807, 2.05) is 6.07 Å². The highest BCUT2D eigenvalue weighted by Crippen LogP contribution is 2.61. The molecule has 0 unspecified atom stereocenters. The molecule has 0 radical (unpaired) electrons. The van der Waals surface area contributed by atoms with Crippen LogP contribution in [-0.4, -0.2) is 22.4 Å². The predicted molar refractivity (Wildman–Crippen MR) is 87.0 cm³/mol. The van der Waals surface area contributed by atoms with E-state index < -0.39 is 6.10 Å². The second kappa shape index (κ2) is 5.15. The van der Waals surface area contributed by atoms with E-state index in [0.29, 0.717) is 23.5 Å². The van der Waals surface area contributed by atoms with Gasteiger partial charge in [0.1, 0.15) is 5.75 Å². The van der Waals surface area contributed by atoms with Crippen LogP contribution in [0.5, 0.6) is 5.75 Å². The summed E-state index contributed by atoms with van der Waals surface area (Å²) in [5.74, 6) is 1.81. The van der Waals surface area contributed by atoms with Gasteiger partial charge in [-0.3, -0.25) is 0 Å². The molecule has 0 bridgehead atoms. The molecule has 5 heteroatoms. The average molecular weight is 313 g/mol. The lowest BCUT2D eigenvalue weighted by atomic mass is 9.55. The lowest BCUT2D eigenvalue weighted by Crippen LogP contribution is -2.44. The first kappa shape index (κ1) is 14.9. The van der Waals surface area contributed by atoms with Crippen molar-refractivity contribution in [3.05, 3.63) is 39.8 Å². The molecular weight excluding hydrogens is 290 g/mol. The molecule has 3 aliphatic rings. The third-order valence-corrected chi connectivity index (χ3v) is 6.86. The number of hydrogen-bond acceptors (Lipinski definition) is 3. The summed E-state index contributed by atoms with van der Waals surface area (Å²) in [5, 5.41) is 24.1. The van der Waals surface area contributed by atoms with E-state index in [0.717, 1.165) is 32.1 Å². The van der Waals surface area contributed by atoms with Crippen LogP contribution >= 0.6 is 0 Å². The minimum absolute atomic E-state index is 0.0821. The van der Waals surface area contributed by atoms with Crippen molar-refractivity contribution in [3.63, 3.8) is 0 Å². The summed E-state index contributed by atoms with van der Waals surface area (Å²) in [4.78, 5) is 2.99. The maximum atomic E-state index is 10.4. The molecule has 0 spiro atoms. The van der Waals surface area contributed by atoms with Crippen molar-refractivity contribution in [1.82, 2.24) is 0 Å². The summed E-state index contributed by atoms with van der Waals surface area (Å²) in [5.41, 5.74) is 11.4. The van der Waals surface area contributed by atoms with Crippen LogP contribution in [0.15, 0.2) is 23.3 Å². The number of hydrogen-bond donors (Lipinski definition) is 2. The SMILES string of the molecule is C[C@]12CC[C@@H]3c4ccc(O)cc4CC[C@H]3[C@@H]1C[C@H](O)[C@H]2N=[N+]=[N-]. The Bertz CT molecular complexity index is 685. The van der Waals surface area contributed by atoms with Gasteiger partial charge in [0.25, 0.3) is 0 Å². The topological polar surface area (TPSA) is 89.2 Å². The van der Waals surface area contributed by atoms with Crippen molar-refractivity contribution in [1.29, 1.82) is 0 Å². The molecule has 1 aromatic rings. The number of phenolic OH excluding ortho intramolecular Hbond substituents is 1. The number of aryl methyl sites for hydroxylation is 1. The predicted octanol–water partition coefficient (Wildman–Crippen LogP) is 3.90. The number of aromatic hydroxyl groups is 1. The van der Waals surface area contributed by atoms with E-state index in [1.165, 1.54) is 11.1 Å². The molecule has 0 aliphatic heterocycles. The Morgan fingerprint density at radius 3 is 2.96 bits per heavy atom. The Balaban J connectivity index is 1.70. The molecule has 3 aliphatic carbocycles. The largest absolute Gasteiger partial charge is 0.508 e. The highest BCUT2D eigenvalue weighted by molar-refractivity contribution is 5.40. The van der Waals surface area contributed by atoms with E-state index >= 15 is 0 Å². The van der Waals surface area contributed by atoms with Crippen LogP contribution in [0.3, 0.4) is 0 Å². The Morgan fingerprint density at radius 2 is 2.17 bits per heavy atom. The molecule has 0 saturated heterocycles. The monoisotopic (exact) mass is 313 g/mol. The van der Waals surface area contributed by atoms with Crippen LogP contribution in [0.2, 0.25) is 0 Å². The molecule has 5 nitrogen and oxygen atoms in total. The molecule has 0 aromatic heterocycles. The second-order valence-electron chi connectivity index (χ2n) is 7.80. The maximum absolute atomic E-state index is 10.4. The fourth-order valence-electron chi connectivity index (χ4n) is 5.82. The number of aliphatic hydroxyl groups excluding tert-OH is 1. The van der Waals surface area contributed by atoms with Gasteiger partial charge >= 0.3 is 0 Å². The molecule has 2 fully saturated rings. The number of aliphatic hydroxyl groups is 1. The van der Waals surface area contributed by atoms with Gasteiger partial charge in [0, 0.05) is 4.91 Å². The van der Waals surface area contributed by atoms with Crippen molar-refractivity contribution < 1.29 is 10.2 Å². The molecule has 0 heterocycles. The number of nitrogens with zero attached hydrogens (tertiary/aromatic N) is 3. The lowest BCUT2D eigenvalue weighted by molar-refractivity contribution is 0.0473.